The molecule has 0 spiro atoms. The van der Waals surface area contributed by atoms with E-state index in [2.05, 4.69) is 21.4 Å². The maximum atomic E-state index is 4.55. The van der Waals surface area contributed by atoms with Gasteiger partial charge in [-0.15, -0.1) is 0 Å². The minimum Gasteiger partial charge on any atom is -0.399 e. The minimum atomic E-state index is 0.910. The Kier molecular flexibility index (Phi) is 2.96. The number of hydrogen-bond donors (Lipinski definition) is 1. The molecule has 3 heteroatoms. The molecule has 0 bridgehead atoms. The van der Waals surface area contributed by atoms with E-state index in [9.17, 15) is 0 Å². The molecule has 0 fully saturated rings. The highest BCUT2D eigenvalue weighted by molar-refractivity contribution is 5.78. The lowest BCUT2D eigenvalue weighted by Gasteiger charge is -2.08. The highest BCUT2D eigenvalue weighted by atomic mass is 16.6. The molecule has 0 saturated carbocycles. The molecule has 10 heavy (non-hydrogen) atoms. The number of rotatable bonds is 2. The molecule has 1 heterocycles. The first-order valence-electron chi connectivity index (χ1n) is 3.40. The topological polar surface area (TPSA) is 33.6 Å². The molecule has 0 atom stereocenters. The average Bonchev–Trinajstić information content (AvgIpc) is 2.03. The van der Waals surface area contributed by atoms with Crippen LogP contribution >= 0.6 is 0 Å². The molecular weight excluding hydrogens is 128 g/mol. The summed E-state index contributed by atoms with van der Waals surface area (Å²) < 4.78 is 0. The van der Waals surface area contributed by atoms with E-state index in [1.807, 2.05) is 0 Å². The standard InChI is InChI=1S/C7H12N2O/c1-10-9-6-7-3-2-4-8-5-7/h3,6,8H,2,4-5H2,1H3/b9-6+. The average molecular weight is 140 g/mol. The van der Waals surface area contributed by atoms with Crippen LogP contribution in [-0.4, -0.2) is 26.4 Å². The zero-order valence-electron chi connectivity index (χ0n) is 6.13. The van der Waals surface area contributed by atoms with E-state index in [0.717, 1.165) is 19.5 Å². The third-order valence-corrected chi connectivity index (χ3v) is 1.38. The van der Waals surface area contributed by atoms with Crippen LogP contribution in [0.15, 0.2) is 16.8 Å². The molecule has 0 unspecified atom stereocenters. The van der Waals surface area contributed by atoms with Crippen molar-refractivity contribution in [3.8, 4) is 0 Å². The van der Waals surface area contributed by atoms with Crippen molar-refractivity contribution in [2.75, 3.05) is 20.2 Å². The van der Waals surface area contributed by atoms with Gasteiger partial charge in [0.15, 0.2) is 0 Å². The predicted molar refractivity (Wildman–Crippen MR) is 41.1 cm³/mol. The Morgan fingerprint density at radius 3 is 3.30 bits per heavy atom. The van der Waals surface area contributed by atoms with Crippen LogP contribution in [0, 0.1) is 0 Å². The zero-order valence-corrected chi connectivity index (χ0v) is 6.13. The van der Waals surface area contributed by atoms with Crippen LogP contribution in [-0.2, 0) is 4.84 Å². The number of hydrogen-bond acceptors (Lipinski definition) is 3. The molecule has 0 amide bonds. The van der Waals surface area contributed by atoms with Gasteiger partial charge in [0.25, 0.3) is 0 Å². The summed E-state index contributed by atoms with van der Waals surface area (Å²) in [7, 11) is 1.55. The van der Waals surface area contributed by atoms with Crippen molar-refractivity contribution in [1.82, 2.24) is 5.32 Å². The summed E-state index contributed by atoms with van der Waals surface area (Å²) in [4.78, 5) is 4.55. The van der Waals surface area contributed by atoms with Crippen molar-refractivity contribution < 1.29 is 4.84 Å². The van der Waals surface area contributed by atoms with E-state index >= 15 is 0 Å². The van der Waals surface area contributed by atoms with Crippen LogP contribution in [0.1, 0.15) is 6.42 Å². The first-order valence-corrected chi connectivity index (χ1v) is 3.40. The molecule has 56 valence electrons. The van der Waals surface area contributed by atoms with Gasteiger partial charge in [-0.3, -0.25) is 0 Å². The Bertz CT molecular complexity index is 152. The summed E-state index contributed by atoms with van der Waals surface area (Å²) in [6.45, 7) is 1.98. The lowest BCUT2D eigenvalue weighted by atomic mass is 10.2. The first kappa shape index (κ1) is 7.28. The number of nitrogens with zero attached hydrogens (tertiary/aromatic N) is 1. The van der Waals surface area contributed by atoms with E-state index in [4.69, 9.17) is 0 Å². The summed E-state index contributed by atoms with van der Waals surface area (Å²) in [6.07, 6.45) is 5.00. The second-order valence-electron chi connectivity index (χ2n) is 2.16. The highest BCUT2D eigenvalue weighted by Crippen LogP contribution is 1.97. The van der Waals surface area contributed by atoms with Crippen molar-refractivity contribution in [3.63, 3.8) is 0 Å². The van der Waals surface area contributed by atoms with Crippen molar-refractivity contribution in [1.29, 1.82) is 0 Å². The van der Waals surface area contributed by atoms with E-state index in [0.29, 0.717) is 0 Å². The molecule has 0 aromatic rings. The van der Waals surface area contributed by atoms with Gasteiger partial charge < -0.3 is 10.2 Å². The van der Waals surface area contributed by atoms with E-state index < -0.39 is 0 Å². The van der Waals surface area contributed by atoms with Gasteiger partial charge in [-0.05, 0) is 18.5 Å². The van der Waals surface area contributed by atoms with Gasteiger partial charge in [-0.25, -0.2) is 0 Å². The molecule has 0 aromatic heterocycles. The molecule has 0 aliphatic carbocycles. The Labute approximate surface area is 60.7 Å². The molecule has 0 radical (unpaired) electrons. The van der Waals surface area contributed by atoms with Crippen molar-refractivity contribution in [2.45, 2.75) is 6.42 Å². The fraction of sp³-hybridized carbons (Fsp3) is 0.571. The maximum absolute atomic E-state index is 4.55. The molecule has 1 aliphatic rings. The second-order valence-corrected chi connectivity index (χ2v) is 2.16. The SMILES string of the molecule is CO/N=C/C1=CCCNC1. The lowest BCUT2D eigenvalue weighted by molar-refractivity contribution is 0.215. The van der Waals surface area contributed by atoms with Gasteiger partial charge in [-0.1, -0.05) is 11.2 Å². The Morgan fingerprint density at radius 2 is 2.70 bits per heavy atom. The molecule has 1 N–H and O–H groups in total. The van der Waals surface area contributed by atoms with Crippen LogP contribution in [0.2, 0.25) is 0 Å². The monoisotopic (exact) mass is 140 g/mol. The fourth-order valence-corrected chi connectivity index (χ4v) is 0.883. The lowest BCUT2D eigenvalue weighted by Crippen LogP contribution is -2.22. The van der Waals surface area contributed by atoms with Crippen LogP contribution in [0.5, 0.6) is 0 Å². The third-order valence-electron chi connectivity index (χ3n) is 1.38. The molecule has 3 nitrogen and oxygen atoms in total. The first-order chi connectivity index (χ1) is 4.93. The van der Waals surface area contributed by atoms with Gasteiger partial charge >= 0.3 is 0 Å². The van der Waals surface area contributed by atoms with Crippen LogP contribution in [0.3, 0.4) is 0 Å². The largest absolute Gasteiger partial charge is 0.399 e. The summed E-state index contributed by atoms with van der Waals surface area (Å²) in [5.41, 5.74) is 1.20. The Hall–Kier alpha value is -0.830. The maximum Gasteiger partial charge on any atom is 0.106 e. The quantitative estimate of drug-likeness (QED) is 0.448. The third kappa shape index (κ3) is 2.19. The van der Waals surface area contributed by atoms with Crippen LogP contribution < -0.4 is 5.32 Å². The molecule has 1 aliphatic heterocycles. The predicted octanol–water partition coefficient (Wildman–Crippen LogP) is 0.538. The highest BCUT2D eigenvalue weighted by Gasteiger charge is 1.98. The van der Waals surface area contributed by atoms with Crippen molar-refractivity contribution >= 4 is 6.21 Å². The Balaban J connectivity index is 2.38. The summed E-state index contributed by atoms with van der Waals surface area (Å²) in [6, 6.07) is 0. The molecular formula is C7H12N2O. The van der Waals surface area contributed by atoms with Gasteiger partial charge in [-0.2, -0.15) is 0 Å². The summed E-state index contributed by atoms with van der Waals surface area (Å²) in [5, 5.41) is 6.89. The van der Waals surface area contributed by atoms with Crippen LogP contribution in [0.4, 0.5) is 0 Å². The minimum absolute atomic E-state index is 0.910. The van der Waals surface area contributed by atoms with Crippen LogP contribution in [0.25, 0.3) is 0 Å². The van der Waals surface area contributed by atoms with Crippen molar-refractivity contribution in [2.24, 2.45) is 5.16 Å². The number of nitrogens with one attached hydrogen (secondary N) is 1. The molecule has 0 aromatic carbocycles. The van der Waals surface area contributed by atoms with Crippen molar-refractivity contribution in [3.05, 3.63) is 11.6 Å². The van der Waals surface area contributed by atoms with Gasteiger partial charge in [0.05, 0.1) is 6.21 Å². The molecule has 0 saturated heterocycles. The summed E-state index contributed by atoms with van der Waals surface area (Å²) in [5.74, 6) is 0. The summed E-state index contributed by atoms with van der Waals surface area (Å²) >= 11 is 0. The normalized spacial score (nSPS) is 19.1. The molecule has 1 rings (SSSR count). The smallest absolute Gasteiger partial charge is 0.106 e. The van der Waals surface area contributed by atoms with Gasteiger partial charge in [0.1, 0.15) is 7.11 Å². The van der Waals surface area contributed by atoms with Gasteiger partial charge in [0.2, 0.25) is 0 Å². The fourth-order valence-electron chi connectivity index (χ4n) is 0.883. The van der Waals surface area contributed by atoms with E-state index in [1.54, 1.807) is 13.3 Å². The van der Waals surface area contributed by atoms with E-state index in [1.165, 1.54) is 5.57 Å². The zero-order chi connectivity index (χ0) is 7.23. The Morgan fingerprint density at radius 1 is 1.80 bits per heavy atom. The van der Waals surface area contributed by atoms with E-state index in [-0.39, 0.29) is 0 Å². The van der Waals surface area contributed by atoms with Gasteiger partial charge in [0, 0.05) is 6.54 Å². The second kappa shape index (κ2) is 4.06. The number of oxime groups is 1.